The van der Waals surface area contributed by atoms with Crippen LogP contribution >= 0.6 is 46.4 Å². The van der Waals surface area contributed by atoms with Crippen molar-refractivity contribution in [2.75, 3.05) is 11.6 Å². The molecule has 2 rings (SSSR count). The standard InChI is InChI=1S/C22H27Cl4N3O4/c1-5-7-8-33-20(31)12(3)11-22(4,6-2)21(32)27-18-16(26)19(30)29(28-18)17-14(24)9-13(23)10-15(17)25/h9-10,12,16H,5-8,11H2,1-4H3,(H,27,28,32). The Bertz CT molecular complexity index is 933. The summed E-state index contributed by atoms with van der Waals surface area (Å²) in [5.41, 5.74) is -0.807. The van der Waals surface area contributed by atoms with Crippen molar-refractivity contribution >= 4 is 75.7 Å². The van der Waals surface area contributed by atoms with Crippen LogP contribution in [0.3, 0.4) is 0 Å². The molecular weight excluding hydrogens is 512 g/mol. The lowest BCUT2D eigenvalue weighted by Gasteiger charge is -2.29. The molecule has 0 bridgehead atoms. The van der Waals surface area contributed by atoms with E-state index in [4.69, 9.17) is 51.1 Å². The van der Waals surface area contributed by atoms with Gasteiger partial charge in [0, 0.05) is 10.4 Å². The Morgan fingerprint density at radius 1 is 1.24 bits per heavy atom. The van der Waals surface area contributed by atoms with E-state index in [0.717, 1.165) is 17.9 Å². The molecule has 0 saturated heterocycles. The predicted octanol–water partition coefficient (Wildman–Crippen LogP) is 5.82. The van der Waals surface area contributed by atoms with Gasteiger partial charge in [-0.15, -0.1) is 16.7 Å². The maximum atomic E-state index is 13.1. The zero-order chi connectivity index (χ0) is 24.9. The molecule has 1 heterocycles. The molecule has 3 unspecified atom stereocenters. The number of ether oxygens (including phenoxy) is 1. The smallest absolute Gasteiger partial charge is 0.308 e. The Morgan fingerprint density at radius 3 is 2.39 bits per heavy atom. The van der Waals surface area contributed by atoms with Crippen LogP contribution in [-0.2, 0) is 19.1 Å². The summed E-state index contributed by atoms with van der Waals surface area (Å²) in [5.74, 6) is -1.92. The lowest BCUT2D eigenvalue weighted by atomic mass is 9.78. The third-order valence-corrected chi connectivity index (χ3v) is 6.73. The lowest BCUT2D eigenvalue weighted by molar-refractivity contribution is -0.149. The molecule has 3 atom stereocenters. The number of hydrazone groups is 1. The first-order chi connectivity index (χ1) is 15.4. The van der Waals surface area contributed by atoms with E-state index in [0.29, 0.717) is 18.1 Å². The molecule has 0 spiro atoms. The fraction of sp³-hybridized carbons (Fsp3) is 0.545. The van der Waals surface area contributed by atoms with Crippen LogP contribution < -0.4 is 10.3 Å². The number of rotatable bonds is 9. The average Bonchev–Trinajstić information content (AvgIpc) is 3.01. The third kappa shape index (κ3) is 6.53. The summed E-state index contributed by atoms with van der Waals surface area (Å²) in [6.45, 7) is 7.67. The summed E-state index contributed by atoms with van der Waals surface area (Å²) in [7, 11) is 0. The van der Waals surface area contributed by atoms with Crippen LogP contribution in [0.15, 0.2) is 17.2 Å². The van der Waals surface area contributed by atoms with Gasteiger partial charge in [0.1, 0.15) is 5.69 Å². The van der Waals surface area contributed by atoms with Crippen molar-refractivity contribution in [2.24, 2.45) is 16.4 Å². The van der Waals surface area contributed by atoms with Gasteiger partial charge in [0.2, 0.25) is 5.91 Å². The zero-order valence-electron chi connectivity index (χ0n) is 18.9. The first-order valence-corrected chi connectivity index (χ1v) is 12.2. The van der Waals surface area contributed by atoms with E-state index in [1.165, 1.54) is 12.1 Å². The first-order valence-electron chi connectivity index (χ1n) is 10.6. The van der Waals surface area contributed by atoms with Gasteiger partial charge >= 0.3 is 5.97 Å². The molecule has 1 N–H and O–H groups in total. The average molecular weight is 539 g/mol. The highest BCUT2D eigenvalue weighted by Crippen LogP contribution is 2.39. The van der Waals surface area contributed by atoms with Gasteiger partial charge in [-0.25, -0.2) is 0 Å². The minimum Gasteiger partial charge on any atom is -0.465 e. The Hall–Kier alpha value is -1.54. The van der Waals surface area contributed by atoms with Crippen LogP contribution in [0.2, 0.25) is 15.1 Å². The van der Waals surface area contributed by atoms with Gasteiger partial charge in [-0.3, -0.25) is 14.4 Å². The van der Waals surface area contributed by atoms with Crippen molar-refractivity contribution in [3.8, 4) is 0 Å². The third-order valence-electron chi connectivity index (χ3n) is 5.54. The van der Waals surface area contributed by atoms with E-state index in [1.54, 1.807) is 13.8 Å². The van der Waals surface area contributed by atoms with Crippen LogP contribution in [0.1, 0.15) is 53.4 Å². The second-order valence-electron chi connectivity index (χ2n) is 8.21. The fourth-order valence-corrected chi connectivity index (χ4v) is 4.47. The molecule has 1 aromatic carbocycles. The summed E-state index contributed by atoms with van der Waals surface area (Å²) in [6, 6.07) is 2.84. The Labute approximate surface area is 213 Å². The molecule has 1 aliphatic rings. The number of nitrogens with one attached hydrogen (secondary N) is 1. The number of halogens is 4. The first kappa shape index (κ1) is 27.7. The van der Waals surface area contributed by atoms with Crippen molar-refractivity contribution in [1.82, 2.24) is 5.32 Å². The minimum atomic E-state index is -1.24. The van der Waals surface area contributed by atoms with Gasteiger partial charge in [0.15, 0.2) is 11.2 Å². The van der Waals surface area contributed by atoms with Gasteiger partial charge < -0.3 is 10.1 Å². The number of amides is 2. The second kappa shape index (κ2) is 11.7. The summed E-state index contributed by atoms with van der Waals surface area (Å²) >= 11 is 24.6. The van der Waals surface area contributed by atoms with E-state index in [2.05, 4.69) is 10.4 Å². The highest BCUT2D eigenvalue weighted by Gasteiger charge is 2.41. The summed E-state index contributed by atoms with van der Waals surface area (Å²) in [4.78, 5) is 38.1. The minimum absolute atomic E-state index is 0.0494. The molecular formula is C22H27Cl4N3O4. The van der Waals surface area contributed by atoms with E-state index < -0.39 is 28.5 Å². The molecule has 11 heteroatoms. The number of benzene rings is 1. The molecule has 0 radical (unpaired) electrons. The number of unbranched alkanes of at least 4 members (excludes halogenated alkanes) is 1. The van der Waals surface area contributed by atoms with Crippen molar-refractivity contribution in [2.45, 2.75) is 58.8 Å². The van der Waals surface area contributed by atoms with E-state index in [1.807, 2.05) is 13.8 Å². The number of carbonyl (C=O) groups excluding carboxylic acids is 3. The Morgan fingerprint density at radius 2 is 1.85 bits per heavy atom. The number of amidine groups is 1. The highest BCUT2D eigenvalue weighted by molar-refractivity contribution is 6.48. The number of alkyl halides is 1. The maximum Gasteiger partial charge on any atom is 0.308 e. The van der Waals surface area contributed by atoms with Crippen molar-refractivity contribution in [3.63, 3.8) is 0 Å². The quantitative estimate of drug-likeness (QED) is 0.244. The molecule has 0 aromatic heterocycles. The van der Waals surface area contributed by atoms with Crippen molar-refractivity contribution in [1.29, 1.82) is 0 Å². The van der Waals surface area contributed by atoms with Crippen molar-refractivity contribution < 1.29 is 19.1 Å². The molecule has 0 aliphatic carbocycles. The number of hydrogen-bond donors (Lipinski definition) is 1. The van der Waals surface area contributed by atoms with E-state index in [9.17, 15) is 14.4 Å². The van der Waals surface area contributed by atoms with Gasteiger partial charge in [0.25, 0.3) is 5.91 Å². The molecule has 7 nitrogen and oxygen atoms in total. The molecule has 2 amide bonds. The number of esters is 1. The SMILES string of the molecule is CCCCOC(=O)C(C)CC(C)(CC)C(=O)NC1=NN(c2c(Cl)cc(Cl)cc2Cl)C(=O)C1Cl. The van der Waals surface area contributed by atoms with Crippen LogP contribution in [0.5, 0.6) is 0 Å². The zero-order valence-corrected chi connectivity index (χ0v) is 21.9. The lowest BCUT2D eigenvalue weighted by Crippen LogP contribution is -2.46. The number of hydrogen-bond acceptors (Lipinski definition) is 5. The molecule has 0 fully saturated rings. The largest absolute Gasteiger partial charge is 0.465 e. The summed E-state index contributed by atoms with van der Waals surface area (Å²) < 4.78 is 5.27. The Balaban J connectivity index is 2.19. The van der Waals surface area contributed by atoms with Gasteiger partial charge in [-0.05, 0) is 31.4 Å². The highest BCUT2D eigenvalue weighted by atomic mass is 35.5. The van der Waals surface area contributed by atoms with Crippen LogP contribution in [0.25, 0.3) is 0 Å². The number of carbonyl (C=O) groups is 3. The predicted molar refractivity (Wildman–Crippen MR) is 132 cm³/mol. The summed E-state index contributed by atoms with van der Waals surface area (Å²) in [5, 5.41) is 7.02. The molecule has 33 heavy (non-hydrogen) atoms. The van der Waals surface area contributed by atoms with E-state index in [-0.39, 0.29) is 34.0 Å². The number of anilines is 1. The monoisotopic (exact) mass is 537 g/mol. The summed E-state index contributed by atoms with van der Waals surface area (Å²) in [6.07, 6.45) is 2.40. The van der Waals surface area contributed by atoms with Crippen LogP contribution in [0.4, 0.5) is 5.69 Å². The molecule has 182 valence electrons. The Kier molecular flexibility index (Phi) is 9.85. The van der Waals surface area contributed by atoms with Crippen LogP contribution in [-0.4, -0.2) is 35.6 Å². The van der Waals surface area contributed by atoms with Gasteiger partial charge in [-0.2, -0.15) is 5.01 Å². The fourth-order valence-electron chi connectivity index (χ4n) is 3.30. The van der Waals surface area contributed by atoms with Gasteiger partial charge in [0.05, 0.1) is 22.6 Å². The van der Waals surface area contributed by atoms with Crippen molar-refractivity contribution in [3.05, 3.63) is 27.2 Å². The molecule has 1 aliphatic heterocycles. The molecule has 1 aromatic rings. The van der Waals surface area contributed by atoms with E-state index >= 15 is 0 Å². The normalized spacial score (nSPS) is 18.5. The maximum absolute atomic E-state index is 13.1. The number of nitrogens with zero attached hydrogens (tertiary/aromatic N) is 2. The van der Waals surface area contributed by atoms with Crippen LogP contribution in [0, 0.1) is 11.3 Å². The van der Waals surface area contributed by atoms with Gasteiger partial charge in [-0.1, -0.05) is 68.9 Å². The molecule has 0 saturated carbocycles. The topological polar surface area (TPSA) is 88.1 Å². The second-order valence-corrected chi connectivity index (χ2v) is 9.90.